The van der Waals surface area contributed by atoms with Crippen LogP contribution in [0.4, 0.5) is 8.78 Å². The number of primary amides is 1. The van der Waals surface area contributed by atoms with Crippen LogP contribution in [0.25, 0.3) is 0 Å². The molecule has 1 aromatic rings. The van der Waals surface area contributed by atoms with Crippen LogP contribution in [-0.4, -0.2) is 11.0 Å². The zero-order chi connectivity index (χ0) is 9.30. The van der Waals surface area contributed by atoms with Crippen molar-refractivity contribution < 1.29 is 18.7 Å². The molecular weight excluding hydrogens is 168 g/mol. The molecule has 3 nitrogen and oxygen atoms in total. The fourth-order valence-electron chi connectivity index (χ4n) is 0.725. The lowest BCUT2D eigenvalue weighted by Gasteiger charge is -1.99. The number of nitrogens with two attached hydrogens (primary N) is 1. The molecule has 1 amide bonds. The topological polar surface area (TPSA) is 63.3 Å². The maximum Gasteiger partial charge on any atom is 0.251 e. The summed E-state index contributed by atoms with van der Waals surface area (Å²) >= 11 is 0. The number of benzene rings is 1. The summed E-state index contributed by atoms with van der Waals surface area (Å²) in [4.78, 5) is 10.4. The number of carbonyl (C=O) groups excluding carboxylic acids is 1. The molecule has 0 aliphatic carbocycles. The molecule has 1 rings (SSSR count). The number of phenols is 1. The van der Waals surface area contributed by atoms with Gasteiger partial charge in [0.1, 0.15) is 5.82 Å². The molecule has 0 aliphatic rings. The molecule has 0 saturated carbocycles. The third kappa shape index (κ3) is 1.34. The normalized spacial score (nSPS) is 9.83. The van der Waals surface area contributed by atoms with Crippen molar-refractivity contribution in [1.29, 1.82) is 0 Å². The summed E-state index contributed by atoms with van der Waals surface area (Å²) in [5.41, 5.74) is 4.13. The van der Waals surface area contributed by atoms with Crippen LogP contribution in [0.1, 0.15) is 10.4 Å². The summed E-state index contributed by atoms with van der Waals surface area (Å²) in [7, 11) is 0. The number of aromatic hydroxyl groups is 1. The molecule has 5 heteroatoms. The Morgan fingerprint density at radius 3 is 2.42 bits per heavy atom. The van der Waals surface area contributed by atoms with Crippen LogP contribution in [0.5, 0.6) is 5.75 Å². The van der Waals surface area contributed by atoms with Crippen molar-refractivity contribution in [3.05, 3.63) is 29.3 Å². The summed E-state index contributed by atoms with van der Waals surface area (Å²) in [5, 5.41) is 8.64. The highest BCUT2D eigenvalue weighted by Crippen LogP contribution is 2.19. The third-order valence-corrected chi connectivity index (χ3v) is 1.30. The van der Waals surface area contributed by atoms with Gasteiger partial charge >= 0.3 is 0 Å². The Morgan fingerprint density at radius 2 is 1.92 bits per heavy atom. The van der Waals surface area contributed by atoms with Crippen LogP contribution in [0, 0.1) is 11.6 Å². The molecule has 0 atom stereocenters. The highest BCUT2D eigenvalue weighted by Gasteiger charge is 2.12. The quantitative estimate of drug-likeness (QED) is 0.658. The Balaban J connectivity index is 3.33. The van der Waals surface area contributed by atoms with Crippen LogP contribution in [-0.2, 0) is 0 Å². The van der Waals surface area contributed by atoms with Gasteiger partial charge in [-0.25, -0.2) is 8.78 Å². The summed E-state index contributed by atoms with van der Waals surface area (Å²) < 4.78 is 25.1. The van der Waals surface area contributed by atoms with E-state index in [-0.39, 0.29) is 0 Å². The molecule has 0 saturated heterocycles. The predicted molar refractivity (Wildman–Crippen MR) is 36.5 cm³/mol. The van der Waals surface area contributed by atoms with E-state index in [1.807, 2.05) is 0 Å². The SMILES string of the molecule is NC(=O)c1cc(F)c(O)cc1F. The molecule has 0 spiro atoms. The molecule has 0 aromatic heterocycles. The van der Waals surface area contributed by atoms with E-state index in [9.17, 15) is 13.6 Å². The zero-order valence-corrected chi connectivity index (χ0v) is 5.84. The van der Waals surface area contributed by atoms with Gasteiger partial charge in [-0.2, -0.15) is 0 Å². The van der Waals surface area contributed by atoms with E-state index in [0.29, 0.717) is 12.1 Å². The fraction of sp³-hybridized carbons (Fsp3) is 0. The van der Waals surface area contributed by atoms with Gasteiger partial charge in [0.25, 0.3) is 5.91 Å². The number of phenolic OH excluding ortho intramolecular Hbond substituents is 1. The number of hydrogen-bond donors (Lipinski definition) is 2. The fourth-order valence-corrected chi connectivity index (χ4v) is 0.725. The molecule has 64 valence electrons. The second-order valence-corrected chi connectivity index (χ2v) is 2.15. The van der Waals surface area contributed by atoms with Gasteiger partial charge in [0.2, 0.25) is 0 Å². The first kappa shape index (κ1) is 8.45. The van der Waals surface area contributed by atoms with Crippen molar-refractivity contribution in [1.82, 2.24) is 0 Å². The van der Waals surface area contributed by atoms with Gasteiger partial charge in [0, 0.05) is 6.07 Å². The maximum atomic E-state index is 12.7. The molecule has 0 fully saturated rings. The zero-order valence-electron chi connectivity index (χ0n) is 5.84. The van der Waals surface area contributed by atoms with Crippen molar-refractivity contribution in [2.45, 2.75) is 0 Å². The Morgan fingerprint density at radius 1 is 1.33 bits per heavy atom. The van der Waals surface area contributed by atoms with Crippen LogP contribution in [0.3, 0.4) is 0 Å². The number of rotatable bonds is 1. The van der Waals surface area contributed by atoms with Crippen LogP contribution < -0.4 is 5.73 Å². The molecule has 1 aromatic carbocycles. The highest BCUT2D eigenvalue weighted by molar-refractivity contribution is 5.93. The lowest BCUT2D eigenvalue weighted by molar-refractivity contribution is 0.0996. The second kappa shape index (κ2) is 2.77. The summed E-state index contributed by atoms with van der Waals surface area (Å²) in [6, 6.07) is 1.04. The van der Waals surface area contributed by atoms with Crippen molar-refractivity contribution >= 4 is 5.91 Å². The van der Waals surface area contributed by atoms with Gasteiger partial charge in [-0.3, -0.25) is 4.79 Å². The highest BCUT2D eigenvalue weighted by atomic mass is 19.1. The lowest BCUT2D eigenvalue weighted by atomic mass is 10.2. The van der Waals surface area contributed by atoms with Gasteiger partial charge in [-0.1, -0.05) is 0 Å². The minimum atomic E-state index is -1.08. The number of amides is 1. The van der Waals surface area contributed by atoms with Crippen LogP contribution >= 0.6 is 0 Å². The third-order valence-electron chi connectivity index (χ3n) is 1.30. The summed E-state index contributed by atoms with van der Waals surface area (Å²) in [5.74, 6) is -4.05. The van der Waals surface area contributed by atoms with Crippen molar-refractivity contribution in [3.63, 3.8) is 0 Å². The molecule has 0 bridgehead atoms. The second-order valence-electron chi connectivity index (χ2n) is 2.15. The van der Waals surface area contributed by atoms with E-state index in [0.717, 1.165) is 0 Å². The summed E-state index contributed by atoms with van der Waals surface area (Å²) in [6.07, 6.45) is 0. The molecule has 12 heavy (non-hydrogen) atoms. The molecule has 0 aliphatic heterocycles. The van der Waals surface area contributed by atoms with E-state index in [2.05, 4.69) is 0 Å². The number of halogens is 2. The van der Waals surface area contributed by atoms with E-state index >= 15 is 0 Å². The summed E-state index contributed by atoms with van der Waals surface area (Å²) in [6.45, 7) is 0. The average molecular weight is 173 g/mol. The molecule has 0 unspecified atom stereocenters. The molecule has 0 radical (unpaired) electrons. The maximum absolute atomic E-state index is 12.7. The van der Waals surface area contributed by atoms with Gasteiger partial charge in [0.15, 0.2) is 11.6 Å². The minimum absolute atomic E-state index is 0.495. The van der Waals surface area contributed by atoms with E-state index in [1.165, 1.54) is 0 Å². The largest absolute Gasteiger partial charge is 0.505 e. The van der Waals surface area contributed by atoms with Crippen LogP contribution in [0.15, 0.2) is 12.1 Å². The van der Waals surface area contributed by atoms with Gasteiger partial charge in [-0.15, -0.1) is 0 Å². The van der Waals surface area contributed by atoms with E-state index < -0.39 is 28.9 Å². The van der Waals surface area contributed by atoms with Crippen molar-refractivity contribution in [2.24, 2.45) is 5.73 Å². The van der Waals surface area contributed by atoms with Gasteiger partial charge in [0.05, 0.1) is 5.56 Å². The first-order valence-electron chi connectivity index (χ1n) is 3.00. The van der Waals surface area contributed by atoms with Crippen LogP contribution in [0.2, 0.25) is 0 Å². The van der Waals surface area contributed by atoms with Crippen molar-refractivity contribution in [2.75, 3.05) is 0 Å². The number of carbonyl (C=O) groups is 1. The Bertz CT molecular complexity index is 338. The number of hydrogen-bond acceptors (Lipinski definition) is 2. The van der Waals surface area contributed by atoms with Gasteiger partial charge < -0.3 is 10.8 Å². The van der Waals surface area contributed by atoms with Crippen molar-refractivity contribution in [3.8, 4) is 5.75 Å². The standard InChI is InChI=1S/C7H5F2NO2/c8-4-2-6(11)5(9)1-3(4)7(10)12/h1-2,11H,(H2,10,12). The predicted octanol–water partition coefficient (Wildman–Crippen LogP) is 0.769. The molecule has 3 N–H and O–H groups in total. The monoisotopic (exact) mass is 173 g/mol. The average Bonchev–Trinajstić information content (AvgIpc) is 1.96. The van der Waals surface area contributed by atoms with Gasteiger partial charge in [-0.05, 0) is 6.07 Å². The first-order valence-corrected chi connectivity index (χ1v) is 3.00. The molecular formula is C7H5F2NO2. The van der Waals surface area contributed by atoms with E-state index in [1.54, 1.807) is 0 Å². The Hall–Kier alpha value is -1.65. The minimum Gasteiger partial charge on any atom is -0.505 e. The molecule has 0 heterocycles. The first-order chi connectivity index (χ1) is 5.52. The lowest BCUT2D eigenvalue weighted by Crippen LogP contribution is -2.13. The smallest absolute Gasteiger partial charge is 0.251 e. The van der Waals surface area contributed by atoms with E-state index in [4.69, 9.17) is 10.8 Å². The Labute approximate surface area is 66.4 Å². The Kier molecular flexibility index (Phi) is 1.95.